The molecular formula is C53H37N3OS. The predicted octanol–water partition coefficient (Wildman–Crippen LogP) is 14.2. The molecule has 0 saturated heterocycles. The van der Waals surface area contributed by atoms with Crippen LogP contribution in [0.3, 0.4) is 0 Å². The van der Waals surface area contributed by atoms with Gasteiger partial charge in [0.15, 0.2) is 5.58 Å². The van der Waals surface area contributed by atoms with E-state index in [0.717, 1.165) is 46.6 Å². The Balaban J connectivity index is 0.955. The summed E-state index contributed by atoms with van der Waals surface area (Å²) in [5.74, 6) is 0.920. The molecule has 12 rings (SSSR count). The third kappa shape index (κ3) is 5.38. The van der Waals surface area contributed by atoms with Crippen LogP contribution in [0.15, 0.2) is 192 Å². The van der Waals surface area contributed by atoms with Crippen LogP contribution < -0.4 is 9.80 Å². The van der Waals surface area contributed by atoms with Crippen LogP contribution in [-0.2, 0) is 6.42 Å². The summed E-state index contributed by atoms with van der Waals surface area (Å²) in [6.07, 6.45) is 11.5. The highest BCUT2D eigenvalue weighted by Gasteiger charge is 2.39. The first-order chi connectivity index (χ1) is 28.7. The van der Waals surface area contributed by atoms with Crippen LogP contribution in [-0.4, -0.2) is 11.0 Å². The lowest BCUT2D eigenvalue weighted by atomic mass is 9.88. The molecule has 3 aliphatic rings. The van der Waals surface area contributed by atoms with E-state index in [1.54, 1.807) is 0 Å². The van der Waals surface area contributed by atoms with E-state index in [9.17, 15) is 0 Å². The quantitative estimate of drug-likeness (QED) is 0.169. The number of aromatic nitrogens is 1. The molecule has 2 aliphatic carbocycles. The Morgan fingerprint density at radius 2 is 1.41 bits per heavy atom. The molecule has 4 nitrogen and oxygen atoms in total. The predicted molar refractivity (Wildman–Crippen MR) is 242 cm³/mol. The topological polar surface area (TPSA) is 32.5 Å². The smallest absolute Gasteiger partial charge is 0.227 e. The number of hydrogen-bond acceptors (Lipinski definition) is 5. The fourth-order valence-corrected chi connectivity index (χ4v) is 10.5. The van der Waals surface area contributed by atoms with Crippen molar-refractivity contribution in [2.75, 3.05) is 9.80 Å². The molecule has 276 valence electrons. The van der Waals surface area contributed by atoms with Crippen molar-refractivity contribution >= 4 is 77.0 Å². The zero-order valence-corrected chi connectivity index (χ0v) is 32.4. The molecule has 1 aliphatic heterocycles. The Kier molecular flexibility index (Phi) is 7.63. The first-order valence-corrected chi connectivity index (χ1v) is 20.9. The zero-order chi connectivity index (χ0) is 38.2. The van der Waals surface area contributed by atoms with Crippen molar-refractivity contribution in [3.05, 3.63) is 210 Å². The van der Waals surface area contributed by atoms with Gasteiger partial charge in [0, 0.05) is 65.7 Å². The van der Waals surface area contributed by atoms with Crippen molar-refractivity contribution in [3.8, 4) is 11.5 Å². The normalized spacial score (nSPS) is 16.9. The SMILES string of the molecule is C1=CC2c3ccccc3N(c3ccccc3)C2C=C1N(c1ccc(C2=Cc3c(ccc4oc(-c5ccccc5)nc34)CC2)cc1)c1ccc2c(c1)sc1ccccc12. The van der Waals surface area contributed by atoms with Gasteiger partial charge in [0.2, 0.25) is 5.89 Å². The van der Waals surface area contributed by atoms with E-state index in [4.69, 9.17) is 9.40 Å². The summed E-state index contributed by atoms with van der Waals surface area (Å²) in [6.45, 7) is 0. The molecule has 0 spiro atoms. The molecule has 0 fully saturated rings. The molecule has 2 aromatic heterocycles. The summed E-state index contributed by atoms with van der Waals surface area (Å²) < 4.78 is 8.87. The molecular weight excluding hydrogens is 727 g/mol. The van der Waals surface area contributed by atoms with Crippen molar-refractivity contribution in [2.24, 2.45) is 0 Å². The van der Waals surface area contributed by atoms with Crippen LogP contribution in [0, 0.1) is 0 Å². The van der Waals surface area contributed by atoms with Gasteiger partial charge in [-0.25, -0.2) is 4.98 Å². The largest absolute Gasteiger partial charge is 0.436 e. The van der Waals surface area contributed by atoms with E-state index in [0.29, 0.717) is 5.89 Å². The number of benzene rings is 7. The van der Waals surface area contributed by atoms with Crippen molar-refractivity contribution in [3.63, 3.8) is 0 Å². The number of fused-ring (bicyclic) bond motifs is 9. The lowest BCUT2D eigenvalue weighted by Gasteiger charge is -2.34. The van der Waals surface area contributed by atoms with Gasteiger partial charge in [-0.1, -0.05) is 103 Å². The third-order valence-corrected chi connectivity index (χ3v) is 13.3. The van der Waals surface area contributed by atoms with Crippen LogP contribution in [0.1, 0.15) is 34.6 Å². The molecule has 2 unspecified atom stereocenters. The first kappa shape index (κ1) is 33.2. The molecule has 2 atom stereocenters. The van der Waals surface area contributed by atoms with Crippen molar-refractivity contribution in [1.29, 1.82) is 0 Å². The molecule has 0 radical (unpaired) electrons. The fourth-order valence-electron chi connectivity index (χ4n) is 9.38. The van der Waals surface area contributed by atoms with Gasteiger partial charge in [-0.05, 0) is 120 Å². The maximum absolute atomic E-state index is 6.26. The highest BCUT2D eigenvalue weighted by Crippen LogP contribution is 2.49. The van der Waals surface area contributed by atoms with Crippen molar-refractivity contribution in [2.45, 2.75) is 24.8 Å². The number of aryl methyl sites for hydroxylation is 1. The number of hydrogen-bond donors (Lipinski definition) is 0. The van der Waals surface area contributed by atoms with Gasteiger partial charge in [-0.15, -0.1) is 11.3 Å². The van der Waals surface area contributed by atoms with Crippen molar-refractivity contribution in [1.82, 2.24) is 4.98 Å². The maximum Gasteiger partial charge on any atom is 0.227 e. The van der Waals surface area contributed by atoms with Gasteiger partial charge in [0.05, 0.1) is 6.04 Å². The van der Waals surface area contributed by atoms with Crippen LogP contribution in [0.2, 0.25) is 0 Å². The van der Waals surface area contributed by atoms with E-state index >= 15 is 0 Å². The van der Waals surface area contributed by atoms with E-state index in [1.165, 1.54) is 59.4 Å². The molecule has 0 amide bonds. The highest BCUT2D eigenvalue weighted by atomic mass is 32.1. The lowest BCUT2D eigenvalue weighted by molar-refractivity contribution is 0.620. The standard InChI is InChI=1S/C53H37N3OS/c1-3-11-36(12-4-1)53-54-52-46-31-37(20-19-35(46)23-30-49(52)57-53)34-21-24-39(25-22-34)55(41-27-29-45-44-16-8-10-18-50(44)58-51(45)33-41)40-26-28-43-42-15-7-9-17-47(42)56(48(43)32-40)38-13-5-2-6-14-38/h1-18,21-33,43,48H,19-20H2. The summed E-state index contributed by atoms with van der Waals surface area (Å²) in [6, 6.07) is 59.2. The fraction of sp³-hybridized carbons (Fsp3) is 0.0755. The summed E-state index contributed by atoms with van der Waals surface area (Å²) in [5.41, 5.74) is 15.1. The zero-order valence-electron chi connectivity index (χ0n) is 31.6. The molecule has 3 heterocycles. The molecule has 58 heavy (non-hydrogen) atoms. The molecule has 0 saturated carbocycles. The highest BCUT2D eigenvalue weighted by molar-refractivity contribution is 7.25. The maximum atomic E-state index is 6.26. The molecule has 5 heteroatoms. The first-order valence-electron chi connectivity index (χ1n) is 20.1. The van der Waals surface area contributed by atoms with E-state index < -0.39 is 0 Å². The Morgan fingerprint density at radius 3 is 2.29 bits per heavy atom. The van der Waals surface area contributed by atoms with Crippen molar-refractivity contribution < 1.29 is 4.42 Å². The second-order valence-corrected chi connectivity index (χ2v) is 16.5. The third-order valence-electron chi connectivity index (χ3n) is 12.1. The average molecular weight is 764 g/mol. The Hall–Kier alpha value is -6.95. The summed E-state index contributed by atoms with van der Waals surface area (Å²) in [7, 11) is 0. The van der Waals surface area contributed by atoms with Gasteiger partial charge in [0.25, 0.3) is 0 Å². The summed E-state index contributed by atoms with van der Waals surface area (Å²) in [5, 5.41) is 2.62. The van der Waals surface area contributed by atoms with Crippen LogP contribution in [0.5, 0.6) is 0 Å². The van der Waals surface area contributed by atoms with Gasteiger partial charge < -0.3 is 14.2 Å². The number of oxazole rings is 1. The number of thiophene rings is 1. The number of rotatable bonds is 6. The Bertz CT molecular complexity index is 3140. The molecule has 0 N–H and O–H groups in total. The van der Waals surface area contributed by atoms with Gasteiger partial charge in [0.1, 0.15) is 5.52 Å². The Morgan fingerprint density at radius 1 is 0.655 bits per heavy atom. The molecule has 0 bridgehead atoms. The van der Waals surface area contributed by atoms with Gasteiger partial charge in [-0.3, -0.25) is 0 Å². The minimum atomic E-state index is 0.137. The minimum Gasteiger partial charge on any atom is -0.436 e. The second-order valence-electron chi connectivity index (χ2n) is 15.4. The van der Waals surface area contributed by atoms with Crippen LogP contribution in [0.25, 0.3) is 54.4 Å². The van der Waals surface area contributed by atoms with E-state index in [1.807, 2.05) is 41.7 Å². The van der Waals surface area contributed by atoms with E-state index in [2.05, 4.69) is 168 Å². The number of allylic oxidation sites excluding steroid dienone is 2. The summed E-state index contributed by atoms with van der Waals surface area (Å²) >= 11 is 1.86. The summed E-state index contributed by atoms with van der Waals surface area (Å²) in [4.78, 5) is 9.97. The second kappa shape index (κ2) is 13.3. The molecule has 9 aromatic rings. The van der Waals surface area contributed by atoms with Crippen LogP contribution in [0.4, 0.5) is 22.7 Å². The minimum absolute atomic E-state index is 0.137. The monoisotopic (exact) mass is 763 g/mol. The van der Waals surface area contributed by atoms with E-state index in [-0.39, 0.29) is 12.0 Å². The Labute approximate surface area is 340 Å². The van der Waals surface area contributed by atoms with Crippen LogP contribution >= 0.6 is 11.3 Å². The number of nitrogens with zero attached hydrogens (tertiary/aromatic N) is 3. The lowest BCUT2D eigenvalue weighted by Crippen LogP contribution is -2.31. The van der Waals surface area contributed by atoms with Gasteiger partial charge >= 0.3 is 0 Å². The average Bonchev–Trinajstić information content (AvgIpc) is 3.99. The number of para-hydroxylation sites is 2. The van der Waals surface area contributed by atoms with Gasteiger partial charge in [-0.2, -0.15) is 0 Å². The molecule has 7 aromatic carbocycles. The number of anilines is 4.